The van der Waals surface area contributed by atoms with Gasteiger partial charge in [0.1, 0.15) is 6.54 Å². The van der Waals surface area contributed by atoms with Gasteiger partial charge in [-0.1, -0.05) is 35.5 Å². The van der Waals surface area contributed by atoms with Crippen LogP contribution in [0.3, 0.4) is 0 Å². The van der Waals surface area contributed by atoms with E-state index in [1.54, 1.807) is 18.3 Å². The topological polar surface area (TPSA) is 117 Å². The third-order valence-corrected chi connectivity index (χ3v) is 5.14. The number of aromatic nitrogens is 5. The number of pyridine rings is 1. The summed E-state index contributed by atoms with van der Waals surface area (Å²) >= 11 is 0. The van der Waals surface area contributed by atoms with E-state index in [2.05, 4.69) is 20.6 Å². The molecule has 1 fully saturated rings. The number of carbonyl (C=O) groups is 1. The second-order valence-corrected chi connectivity index (χ2v) is 7.28. The SMILES string of the molecule is O=C(Cn1nc2c(-c3nc(-c4ccccc4)no3)cccn2c1=O)NCC1CCCO1. The van der Waals surface area contributed by atoms with Crippen molar-refractivity contribution in [2.45, 2.75) is 25.5 Å². The van der Waals surface area contributed by atoms with Crippen molar-refractivity contribution >= 4 is 11.6 Å². The fourth-order valence-electron chi connectivity index (χ4n) is 3.57. The minimum absolute atomic E-state index is 0.0321. The second-order valence-electron chi connectivity index (χ2n) is 7.28. The van der Waals surface area contributed by atoms with Gasteiger partial charge in [0, 0.05) is 24.9 Å². The third kappa shape index (κ3) is 3.84. The summed E-state index contributed by atoms with van der Waals surface area (Å²) in [5, 5.41) is 11.2. The quantitative estimate of drug-likeness (QED) is 0.502. The van der Waals surface area contributed by atoms with Crippen LogP contribution < -0.4 is 11.0 Å². The summed E-state index contributed by atoms with van der Waals surface area (Å²) in [6.45, 7) is 0.957. The number of ether oxygens (including phenoxy) is 1. The monoisotopic (exact) mass is 420 g/mol. The number of hydrogen-bond acceptors (Lipinski definition) is 7. The Balaban J connectivity index is 1.40. The Morgan fingerprint density at radius 2 is 2.06 bits per heavy atom. The maximum absolute atomic E-state index is 12.7. The van der Waals surface area contributed by atoms with E-state index >= 15 is 0 Å². The molecule has 0 saturated carbocycles. The summed E-state index contributed by atoms with van der Waals surface area (Å²) in [6.07, 6.45) is 3.54. The molecule has 0 aliphatic carbocycles. The van der Waals surface area contributed by atoms with Crippen molar-refractivity contribution in [2.75, 3.05) is 13.2 Å². The molecule has 1 atom stereocenters. The van der Waals surface area contributed by atoms with Crippen LogP contribution in [-0.4, -0.2) is 49.5 Å². The molecule has 1 aliphatic rings. The van der Waals surface area contributed by atoms with Crippen molar-refractivity contribution < 1.29 is 14.1 Å². The van der Waals surface area contributed by atoms with Crippen molar-refractivity contribution in [2.24, 2.45) is 0 Å². The molecule has 0 spiro atoms. The van der Waals surface area contributed by atoms with Crippen molar-refractivity contribution in [3.05, 3.63) is 59.1 Å². The molecule has 5 rings (SSSR count). The molecule has 3 aromatic heterocycles. The minimum atomic E-state index is -0.424. The smallest absolute Gasteiger partial charge is 0.350 e. The third-order valence-electron chi connectivity index (χ3n) is 5.14. The Hall–Kier alpha value is -3.79. The molecule has 1 saturated heterocycles. The predicted molar refractivity (Wildman–Crippen MR) is 110 cm³/mol. The van der Waals surface area contributed by atoms with E-state index < -0.39 is 5.69 Å². The summed E-state index contributed by atoms with van der Waals surface area (Å²) < 4.78 is 13.4. The zero-order valence-electron chi connectivity index (χ0n) is 16.6. The molecular weight excluding hydrogens is 400 g/mol. The highest BCUT2D eigenvalue weighted by atomic mass is 16.5. The number of fused-ring (bicyclic) bond motifs is 1. The van der Waals surface area contributed by atoms with Crippen LogP contribution in [0.15, 0.2) is 58.0 Å². The van der Waals surface area contributed by atoms with Crippen LogP contribution in [-0.2, 0) is 16.1 Å². The minimum Gasteiger partial charge on any atom is -0.376 e. The van der Waals surface area contributed by atoms with Crippen LogP contribution in [0.4, 0.5) is 0 Å². The molecule has 31 heavy (non-hydrogen) atoms. The van der Waals surface area contributed by atoms with Crippen molar-refractivity contribution in [1.82, 2.24) is 29.6 Å². The Morgan fingerprint density at radius 1 is 1.19 bits per heavy atom. The number of carbonyl (C=O) groups excluding carboxylic acids is 1. The first-order chi connectivity index (χ1) is 15.2. The number of nitrogens with zero attached hydrogens (tertiary/aromatic N) is 5. The fourth-order valence-corrected chi connectivity index (χ4v) is 3.57. The highest BCUT2D eigenvalue weighted by molar-refractivity contribution is 5.76. The summed E-state index contributed by atoms with van der Waals surface area (Å²) in [5.41, 5.74) is 1.23. The molecule has 0 bridgehead atoms. The summed E-state index contributed by atoms with van der Waals surface area (Å²) in [4.78, 5) is 29.5. The molecule has 10 nitrogen and oxygen atoms in total. The molecule has 1 amide bonds. The van der Waals surface area contributed by atoms with Gasteiger partial charge >= 0.3 is 5.69 Å². The summed E-state index contributed by atoms with van der Waals surface area (Å²) in [6, 6.07) is 12.9. The lowest BCUT2D eigenvalue weighted by Crippen LogP contribution is -2.36. The van der Waals surface area contributed by atoms with E-state index in [0.29, 0.717) is 23.6 Å². The van der Waals surface area contributed by atoms with Crippen molar-refractivity contribution in [3.8, 4) is 22.8 Å². The van der Waals surface area contributed by atoms with Crippen LogP contribution >= 0.6 is 0 Å². The van der Waals surface area contributed by atoms with Gasteiger partial charge in [-0.3, -0.25) is 4.79 Å². The van der Waals surface area contributed by atoms with Gasteiger partial charge in [-0.05, 0) is 25.0 Å². The standard InChI is InChI=1S/C21H20N6O4/c28-17(22-12-15-8-5-11-30-15)13-27-21(29)26-10-4-9-16(19(26)24-27)20-23-18(25-31-20)14-6-2-1-3-7-14/h1-4,6-7,9-10,15H,5,8,11-13H2,(H,22,28). The van der Waals surface area contributed by atoms with E-state index in [-0.39, 0.29) is 24.4 Å². The number of rotatable bonds is 6. The van der Waals surface area contributed by atoms with Crippen molar-refractivity contribution in [3.63, 3.8) is 0 Å². The van der Waals surface area contributed by atoms with E-state index in [9.17, 15) is 9.59 Å². The first-order valence-corrected chi connectivity index (χ1v) is 10.0. The van der Waals surface area contributed by atoms with Gasteiger partial charge in [0.15, 0.2) is 5.65 Å². The van der Waals surface area contributed by atoms with Crippen LogP contribution in [0.25, 0.3) is 28.5 Å². The molecule has 4 aromatic rings. The molecule has 1 aliphatic heterocycles. The molecule has 10 heteroatoms. The zero-order valence-corrected chi connectivity index (χ0v) is 16.6. The molecule has 1 aromatic carbocycles. The van der Waals surface area contributed by atoms with Gasteiger partial charge in [-0.15, -0.1) is 5.10 Å². The maximum atomic E-state index is 12.7. The Kier molecular flexibility index (Phi) is 5.04. The molecule has 4 heterocycles. The molecule has 0 radical (unpaired) electrons. The van der Waals surface area contributed by atoms with Crippen LogP contribution in [0.5, 0.6) is 0 Å². The Labute approximate surface area is 176 Å². The second kappa shape index (κ2) is 8.15. The lowest BCUT2D eigenvalue weighted by Gasteiger charge is -2.10. The zero-order chi connectivity index (χ0) is 21.2. The van der Waals surface area contributed by atoms with Gasteiger partial charge < -0.3 is 14.6 Å². The average Bonchev–Trinajstić information content (AvgIpc) is 3.55. The van der Waals surface area contributed by atoms with Gasteiger partial charge in [-0.2, -0.15) is 4.98 Å². The predicted octanol–water partition coefficient (Wildman–Crippen LogP) is 1.51. The first kappa shape index (κ1) is 19.2. The Bertz CT molecular complexity index is 1270. The van der Waals surface area contributed by atoms with E-state index in [4.69, 9.17) is 9.26 Å². The highest BCUT2D eigenvalue weighted by Crippen LogP contribution is 2.24. The largest absolute Gasteiger partial charge is 0.376 e. The average molecular weight is 420 g/mol. The molecule has 158 valence electrons. The van der Waals surface area contributed by atoms with Gasteiger partial charge in [0.2, 0.25) is 11.7 Å². The van der Waals surface area contributed by atoms with Crippen molar-refractivity contribution in [1.29, 1.82) is 0 Å². The van der Waals surface area contributed by atoms with Gasteiger partial charge in [0.25, 0.3) is 5.89 Å². The number of hydrogen-bond donors (Lipinski definition) is 1. The van der Waals surface area contributed by atoms with Crippen LogP contribution in [0.1, 0.15) is 12.8 Å². The number of nitrogens with one attached hydrogen (secondary N) is 1. The summed E-state index contributed by atoms with van der Waals surface area (Å²) in [5.74, 6) is 0.379. The lowest BCUT2D eigenvalue weighted by molar-refractivity contribution is -0.122. The Morgan fingerprint density at radius 3 is 2.87 bits per heavy atom. The van der Waals surface area contributed by atoms with Gasteiger partial charge in [-0.25, -0.2) is 13.9 Å². The molecule has 1 unspecified atom stereocenters. The molecular formula is C21H20N6O4. The fraction of sp³-hybridized carbons (Fsp3) is 0.286. The summed E-state index contributed by atoms with van der Waals surface area (Å²) in [7, 11) is 0. The van der Waals surface area contributed by atoms with Gasteiger partial charge in [0.05, 0.1) is 11.7 Å². The number of amides is 1. The number of benzene rings is 1. The highest BCUT2D eigenvalue weighted by Gasteiger charge is 2.20. The van der Waals surface area contributed by atoms with Crippen LogP contribution in [0, 0.1) is 0 Å². The van der Waals surface area contributed by atoms with E-state index in [0.717, 1.165) is 29.7 Å². The lowest BCUT2D eigenvalue weighted by atomic mass is 10.2. The van der Waals surface area contributed by atoms with E-state index in [1.165, 1.54) is 4.40 Å². The maximum Gasteiger partial charge on any atom is 0.350 e. The normalized spacial score (nSPS) is 16.1. The van der Waals surface area contributed by atoms with Crippen LogP contribution in [0.2, 0.25) is 0 Å². The first-order valence-electron chi connectivity index (χ1n) is 10.0. The molecule has 1 N–H and O–H groups in total. The van der Waals surface area contributed by atoms with E-state index in [1.807, 2.05) is 30.3 Å².